The summed E-state index contributed by atoms with van der Waals surface area (Å²) in [5.74, 6) is 2.62. The van der Waals surface area contributed by atoms with Gasteiger partial charge in [-0.3, -0.25) is 4.98 Å². The van der Waals surface area contributed by atoms with Crippen LogP contribution in [0, 0.1) is 12.8 Å². The summed E-state index contributed by atoms with van der Waals surface area (Å²) >= 11 is 3.43. The van der Waals surface area contributed by atoms with Crippen molar-refractivity contribution in [1.82, 2.24) is 9.97 Å². The monoisotopic (exact) mass is 361 g/mol. The zero-order valence-corrected chi connectivity index (χ0v) is 14.3. The summed E-state index contributed by atoms with van der Waals surface area (Å²) < 4.78 is 6.97. The quantitative estimate of drug-likeness (QED) is 0.828. The summed E-state index contributed by atoms with van der Waals surface area (Å²) in [5.41, 5.74) is 1.10. The van der Waals surface area contributed by atoms with Crippen LogP contribution in [-0.2, 0) is 0 Å². The zero-order valence-electron chi connectivity index (χ0n) is 12.7. The lowest BCUT2D eigenvalue weighted by molar-refractivity contribution is 0.221. The maximum atomic E-state index is 5.95. The molecule has 2 aromatic rings. The highest BCUT2D eigenvalue weighted by atomic mass is 79.9. The van der Waals surface area contributed by atoms with E-state index in [4.69, 9.17) is 4.74 Å². The van der Waals surface area contributed by atoms with Gasteiger partial charge in [0.05, 0.1) is 6.61 Å². The van der Waals surface area contributed by atoms with Crippen molar-refractivity contribution in [3.63, 3.8) is 0 Å². The molecule has 4 nitrogen and oxygen atoms in total. The van der Waals surface area contributed by atoms with Crippen molar-refractivity contribution in [3.05, 3.63) is 46.8 Å². The van der Waals surface area contributed by atoms with Gasteiger partial charge in [0.2, 0.25) is 0 Å². The minimum absolute atomic E-state index is 0.610. The number of piperidine rings is 1. The highest BCUT2D eigenvalue weighted by Crippen LogP contribution is 2.24. The Morgan fingerprint density at radius 3 is 2.73 bits per heavy atom. The third kappa shape index (κ3) is 3.77. The van der Waals surface area contributed by atoms with Crippen LogP contribution in [0.15, 0.2) is 41.3 Å². The summed E-state index contributed by atoms with van der Waals surface area (Å²) in [5, 5.41) is 0. The second kappa shape index (κ2) is 7.09. The molecular weight excluding hydrogens is 342 g/mol. The van der Waals surface area contributed by atoms with Crippen molar-refractivity contribution in [2.24, 2.45) is 5.92 Å². The van der Waals surface area contributed by atoms with Crippen LogP contribution in [0.3, 0.4) is 0 Å². The molecule has 1 aliphatic rings. The van der Waals surface area contributed by atoms with E-state index in [9.17, 15) is 0 Å². The summed E-state index contributed by atoms with van der Waals surface area (Å²) in [7, 11) is 0. The Morgan fingerprint density at radius 1 is 1.23 bits per heavy atom. The van der Waals surface area contributed by atoms with E-state index < -0.39 is 0 Å². The molecule has 1 aliphatic heterocycles. The molecule has 0 aliphatic carbocycles. The lowest BCUT2D eigenvalue weighted by atomic mass is 9.98. The Hall–Kier alpha value is -1.62. The summed E-state index contributed by atoms with van der Waals surface area (Å²) in [6.07, 6.45) is 7.77. The average Bonchev–Trinajstić information content (AvgIpc) is 2.55. The number of hydrogen-bond donors (Lipinski definition) is 0. The van der Waals surface area contributed by atoms with E-state index in [-0.39, 0.29) is 0 Å². The normalized spacial score (nSPS) is 15.8. The number of ether oxygens (including phenoxy) is 1. The maximum Gasteiger partial charge on any atom is 0.128 e. The molecule has 0 aromatic carbocycles. The number of rotatable bonds is 4. The van der Waals surface area contributed by atoms with Gasteiger partial charge in [0, 0.05) is 41.7 Å². The molecule has 2 aromatic heterocycles. The highest BCUT2D eigenvalue weighted by Gasteiger charge is 2.20. The Morgan fingerprint density at radius 2 is 2.05 bits per heavy atom. The Labute approximate surface area is 139 Å². The van der Waals surface area contributed by atoms with E-state index >= 15 is 0 Å². The third-order valence-corrected chi connectivity index (χ3v) is 4.56. The van der Waals surface area contributed by atoms with E-state index in [2.05, 4.69) is 36.9 Å². The van der Waals surface area contributed by atoms with Gasteiger partial charge in [-0.2, -0.15) is 0 Å². The van der Waals surface area contributed by atoms with Crippen LogP contribution in [0.5, 0.6) is 5.75 Å². The van der Waals surface area contributed by atoms with Gasteiger partial charge in [-0.05, 0) is 59.8 Å². The van der Waals surface area contributed by atoms with Crippen LogP contribution in [0.2, 0.25) is 0 Å². The van der Waals surface area contributed by atoms with Gasteiger partial charge in [-0.25, -0.2) is 4.98 Å². The van der Waals surface area contributed by atoms with Crippen LogP contribution in [0.4, 0.5) is 5.82 Å². The lowest BCUT2D eigenvalue weighted by Crippen LogP contribution is -2.36. The predicted octanol–water partition coefficient (Wildman–Crippen LogP) is 3.84. The number of anilines is 1. The van der Waals surface area contributed by atoms with Gasteiger partial charge in [-0.1, -0.05) is 0 Å². The predicted molar refractivity (Wildman–Crippen MR) is 91.3 cm³/mol. The Kier molecular flexibility index (Phi) is 4.93. The van der Waals surface area contributed by atoms with Gasteiger partial charge in [0.1, 0.15) is 11.6 Å². The molecule has 0 spiro atoms. The number of hydrogen-bond acceptors (Lipinski definition) is 4. The van der Waals surface area contributed by atoms with Gasteiger partial charge < -0.3 is 9.64 Å². The smallest absolute Gasteiger partial charge is 0.128 e. The first-order valence-corrected chi connectivity index (χ1v) is 8.41. The number of aromatic nitrogens is 2. The van der Waals surface area contributed by atoms with E-state index in [0.29, 0.717) is 5.92 Å². The molecule has 5 heteroatoms. The fourth-order valence-electron chi connectivity index (χ4n) is 2.71. The van der Waals surface area contributed by atoms with Gasteiger partial charge in [0.15, 0.2) is 0 Å². The van der Waals surface area contributed by atoms with Crippen molar-refractivity contribution in [2.45, 2.75) is 19.8 Å². The summed E-state index contributed by atoms with van der Waals surface area (Å²) in [4.78, 5) is 10.9. The highest BCUT2D eigenvalue weighted by molar-refractivity contribution is 9.10. The fourth-order valence-corrected chi connectivity index (χ4v) is 2.95. The van der Waals surface area contributed by atoms with Crippen LogP contribution in [-0.4, -0.2) is 29.7 Å². The van der Waals surface area contributed by atoms with E-state index in [1.54, 1.807) is 6.20 Å². The first-order valence-electron chi connectivity index (χ1n) is 7.62. The van der Waals surface area contributed by atoms with Crippen LogP contribution in [0.25, 0.3) is 0 Å². The number of halogens is 1. The molecule has 0 amide bonds. The first-order chi connectivity index (χ1) is 10.7. The fraction of sp³-hybridized carbons (Fsp3) is 0.412. The average molecular weight is 362 g/mol. The maximum absolute atomic E-state index is 5.95. The van der Waals surface area contributed by atoms with Crippen molar-refractivity contribution >= 4 is 21.7 Å². The molecule has 0 unspecified atom stereocenters. The number of aryl methyl sites for hydroxylation is 1. The molecule has 0 radical (unpaired) electrons. The Balaban J connectivity index is 1.49. The van der Waals surface area contributed by atoms with Gasteiger partial charge in [-0.15, -0.1) is 0 Å². The molecular formula is C17H20BrN3O. The molecule has 1 fully saturated rings. The van der Waals surface area contributed by atoms with E-state index in [1.807, 2.05) is 31.5 Å². The third-order valence-electron chi connectivity index (χ3n) is 4.09. The first kappa shape index (κ1) is 15.3. The standard InChI is InChI=1S/C17H20BrN3O/c1-13-10-19-7-4-16(13)22-12-14-5-8-21(9-6-14)17-3-2-15(18)11-20-17/h2-4,7,10-11,14H,5-6,8-9,12H2,1H3. The second-order valence-corrected chi connectivity index (χ2v) is 6.63. The summed E-state index contributed by atoms with van der Waals surface area (Å²) in [6.45, 7) is 4.90. The van der Waals surface area contributed by atoms with Crippen LogP contribution >= 0.6 is 15.9 Å². The van der Waals surface area contributed by atoms with Crippen LogP contribution < -0.4 is 9.64 Å². The molecule has 0 N–H and O–H groups in total. The summed E-state index contributed by atoms with van der Waals surface area (Å²) in [6, 6.07) is 6.06. The minimum atomic E-state index is 0.610. The van der Waals surface area contributed by atoms with E-state index in [1.165, 1.54) is 0 Å². The molecule has 22 heavy (non-hydrogen) atoms. The molecule has 116 valence electrons. The Bertz CT molecular complexity index is 610. The molecule has 3 rings (SSSR count). The largest absolute Gasteiger partial charge is 0.493 e. The molecule has 1 saturated heterocycles. The van der Waals surface area contributed by atoms with E-state index in [0.717, 1.165) is 54.1 Å². The van der Waals surface area contributed by atoms with Crippen LogP contribution in [0.1, 0.15) is 18.4 Å². The SMILES string of the molecule is Cc1cnccc1OCC1CCN(c2ccc(Br)cn2)CC1. The lowest BCUT2D eigenvalue weighted by Gasteiger charge is -2.32. The van der Waals surface area contributed by atoms with Crippen molar-refractivity contribution in [2.75, 3.05) is 24.6 Å². The number of pyridine rings is 2. The minimum Gasteiger partial charge on any atom is -0.493 e. The topological polar surface area (TPSA) is 38.2 Å². The van der Waals surface area contributed by atoms with Gasteiger partial charge in [0.25, 0.3) is 0 Å². The van der Waals surface area contributed by atoms with Crippen molar-refractivity contribution < 1.29 is 4.74 Å². The zero-order chi connectivity index (χ0) is 15.4. The molecule has 3 heterocycles. The van der Waals surface area contributed by atoms with Gasteiger partial charge >= 0.3 is 0 Å². The molecule has 0 saturated carbocycles. The van der Waals surface area contributed by atoms with Crippen molar-refractivity contribution in [1.29, 1.82) is 0 Å². The second-order valence-electron chi connectivity index (χ2n) is 5.72. The molecule has 0 bridgehead atoms. The van der Waals surface area contributed by atoms with Crippen molar-refractivity contribution in [3.8, 4) is 5.75 Å². The number of nitrogens with zero attached hydrogens (tertiary/aromatic N) is 3. The molecule has 0 atom stereocenters.